The highest BCUT2D eigenvalue weighted by atomic mass is 16.5. The fourth-order valence-electron chi connectivity index (χ4n) is 11.2. The minimum atomic E-state index is -0.241. The Hall–Kier alpha value is -0.540. The normalized spacial score (nSPS) is 56.7. The van der Waals surface area contributed by atoms with Gasteiger partial charge in [0, 0.05) is 13.0 Å². The molecule has 0 aromatic heterocycles. The molecule has 5 aliphatic carbocycles. The number of fused-ring (bicyclic) bond motifs is 7. The fourth-order valence-corrected chi connectivity index (χ4v) is 11.2. The van der Waals surface area contributed by atoms with E-state index in [2.05, 4.69) is 55.4 Å². The van der Waals surface area contributed by atoms with Crippen molar-refractivity contribution in [2.45, 2.75) is 119 Å². The topological polar surface area (TPSA) is 49.7 Å². The lowest BCUT2D eigenvalue weighted by Crippen LogP contribution is -2.68. The Morgan fingerprint density at radius 3 is 2.18 bits per heavy atom. The first-order valence-corrected chi connectivity index (χ1v) is 14.3. The lowest BCUT2D eigenvalue weighted by atomic mass is 9.32. The van der Waals surface area contributed by atoms with Crippen molar-refractivity contribution in [3.05, 3.63) is 11.3 Å². The van der Waals surface area contributed by atoms with Gasteiger partial charge in [0.25, 0.3) is 0 Å². The van der Waals surface area contributed by atoms with Crippen LogP contribution in [0.5, 0.6) is 0 Å². The van der Waals surface area contributed by atoms with E-state index < -0.39 is 0 Å². The van der Waals surface area contributed by atoms with Crippen LogP contribution in [0.4, 0.5) is 0 Å². The molecule has 194 valence electrons. The third-order valence-corrected chi connectivity index (χ3v) is 13.7. The largest absolute Gasteiger partial charge is 0.510 e. The summed E-state index contributed by atoms with van der Waals surface area (Å²) in [4.78, 5) is 0. The van der Waals surface area contributed by atoms with Gasteiger partial charge < -0.3 is 14.9 Å². The highest BCUT2D eigenvalue weighted by Gasteiger charge is 2.71. The third kappa shape index (κ3) is 2.84. The minimum Gasteiger partial charge on any atom is -0.510 e. The van der Waals surface area contributed by atoms with Gasteiger partial charge in [-0.2, -0.15) is 0 Å². The van der Waals surface area contributed by atoms with E-state index in [0.717, 1.165) is 19.3 Å². The molecule has 0 heterocycles. The van der Waals surface area contributed by atoms with Crippen LogP contribution in [0.15, 0.2) is 11.3 Å². The van der Waals surface area contributed by atoms with Crippen molar-refractivity contribution in [2.24, 2.45) is 56.7 Å². The average Bonchev–Trinajstić information content (AvgIpc) is 2.76. The zero-order valence-corrected chi connectivity index (χ0v) is 23.5. The van der Waals surface area contributed by atoms with E-state index in [1.807, 2.05) is 7.11 Å². The van der Waals surface area contributed by atoms with Gasteiger partial charge in [-0.25, -0.2) is 0 Å². The second kappa shape index (κ2) is 7.50. The van der Waals surface area contributed by atoms with Gasteiger partial charge in [0.15, 0.2) is 0 Å². The van der Waals surface area contributed by atoms with Crippen LogP contribution < -0.4 is 0 Å². The van der Waals surface area contributed by atoms with E-state index in [0.29, 0.717) is 29.4 Å². The van der Waals surface area contributed by atoms with Crippen molar-refractivity contribution < 1.29 is 14.9 Å². The molecule has 0 saturated heterocycles. The molecule has 5 rings (SSSR count). The molecule has 5 aliphatic rings. The highest BCUT2D eigenvalue weighted by molar-refractivity contribution is 5.38. The molecule has 3 heteroatoms. The van der Waals surface area contributed by atoms with Crippen LogP contribution in [0.25, 0.3) is 0 Å². The summed E-state index contributed by atoms with van der Waals surface area (Å²) in [5, 5.41) is 23.2. The first-order chi connectivity index (χ1) is 15.7. The summed E-state index contributed by atoms with van der Waals surface area (Å²) in [6, 6.07) is 0. The lowest BCUT2D eigenvalue weighted by molar-refractivity contribution is -0.237. The third-order valence-electron chi connectivity index (χ3n) is 13.7. The lowest BCUT2D eigenvalue weighted by Gasteiger charge is -2.72. The van der Waals surface area contributed by atoms with Gasteiger partial charge in [0.1, 0.15) is 11.9 Å². The smallest absolute Gasteiger partial charge is 0.121 e. The number of allylic oxidation sites excluding steroid dienone is 1. The van der Waals surface area contributed by atoms with Crippen molar-refractivity contribution in [2.75, 3.05) is 7.11 Å². The Labute approximate surface area is 209 Å². The van der Waals surface area contributed by atoms with E-state index in [1.54, 1.807) is 0 Å². The van der Waals surface area contributed by atoms with Gasteiger partial charge in [0.05, 0.1) is 6.10 Å². The Morgan fingerprint density at radius 2 is 1.53 bits per heavy atom. The Morgan fingerprint density at radius 1 is 0.853 bits per heavy atom. The minimum absolute atomic E-state index is 0.000459. The second-order valence-electron chi connectivity index (χ2n) is 15.2. The molecule has 0 unspecified atom stereocenters. The van der Waals surface area contributed by atoms with E-state index in [4.69, 9.17) is 4.74 Å². The maximum atomic E-state index is 12.2. The number of ether oxygens (including phenoxy) is 1. The zero-order chi connectivity index (χ0) is 25.1. The van der Waals surface area contributed by atoms with E-state index in [9.17, 15) is 10.2 Å². The van der Waals surface area contributed by atoms with Gasteiger partial charge in [-0.3, -0.25) is 0 Å². The number of hydrogen-bond donors (Lipinski definition) is 2. The summed E-state index contributed by atoms with van der Waals surface area (Å²) < 4.78 is 6.35. The second-order valence-corrected chi connectivity index (χ2v) is 15.2. The van der Waals surface area contributed by atoms with Crippen molar-refractivity contribution in [1.29, 1.82) is 0 Å². The molecule has 3 nitrogen and oxygen atoms in total. The Balaban J connectivity index is 1.71. The van der Waals surface area contributed by atoms with Crippen LogP contribution in [0, 0.1) is 56.7 Å². The molecule has 34 heavy (non-hydrogen) atoms. The monoisotopic (exact) mass is 472 g/mol. The number of aliphatic hydroxyl groups is 2. The van der Waals surface area contributed by atoms with Crippen LogP contribution in [0.3, 0.4) is 0 Å². The van der Waals surface area contributed by atoms with Gasteiger partial charge in [-0.1, -0.05) is 55.4 Å². The summed E-state index contributed by atoms with van der Waals surface area (Å²) >= 11 is 0. The highest BCUT2D eigenvalue weighted by Crippen LogP contribution is 2.76. The van der Waals surface area contributed by atoms with Crippen molar-refractivity contribution in [1.82, 2.24) is 0 Å². The summed E-state index contributed by atoms with van der Waals surface area (Å²) in [5.41, 5.74) is 1.69. The number of hydrogen-bond acceptors (Lipinski definition) is 3. The van der Waals surface area contributed by atoms with Crippen molar-refractivity contribution >= 4 is 0 Å². The molecule has 2 N–H and O–H groups in total. The summed E-state index contributed by atoms with van der Waals surface area (Å²) in [6.07, 6.45) is 8.76. The van der Waals surface area contributed by atoms with Gasteiger partial charge in [-0.15, -0.1) is 0 Å². The van der Waals surface area contributed by atoms with E-state index in [1.165, 1.54) is 37.7 Å². The molecule has 11 atom stereocenters. The average molecular weight is 473 g/mol. The molecule has 0 aromatic carbocycles. The summed E-state index contributed by atoms with van der Waals surface area (Å²) in [6.45, 7) is 19.5. The first kappa shape index (κ1) is 25.1. The van der Waals surface area contributed by atoms with Crippen LogP contribution >= 0.6 is 0 Å². The molecule has 0 amide bonds. The number of aliphatic hydroxyl groups excluding tert-OH is 2. The predicted molar refractivity (Wildman–Crippen MR) is 138 cm³/mol. The van der Waals surface area contributed by atoms with Crippen molar-refractivity contribution in [3.63, 3.8) is 0 Å². The van der Waals surface area contributed by atoms with Gasteiger partial charge in [-0.05, 0) is 108 Å². The van der Waals surface area contributed by atoms with Gasteiger partial charge >= 0.3 is 0 Å². The SMILES string of the molecule is CO[C@@H]1C(O)=C2[C@@H]3[C@@H](C)[C@H](C)CC[C@]3(C)CC[C@@]2(C)[C@]2(C)CC[C@H]3C(C)(C)[C@@H](O)CC[C@]3(C)[C@@H]12. The summed E-state index contributed by atoms with van der Waals surface area (Å²) in [7, 11) is 1.83. The maximum Gasteiger partial charge on any atom is 0.121 e. The van der Waals surface area contributed by atoms with Gasteiger partial charge in [0.2, 0.25) is 0 Å². The molecular formula is C31H52O3. The molecule has 0 aromatic rings. The molecular weight excluding hydrogens is 420 g/mol. The van der Waals surface area contributed by atoms with E-state index in [-0.39, 0.29) is 45.2 Å². The summed E-state index contributed by atoms with van der Waals surface area (Å²) in [5.74, 6) is 3.03. The molecule has 4 fully saturated rings. The molecule has 0 bridgehead atoms. The Kier molecular flexibility index (Phi) is 5.54. The van der Waals surface area contributed by atoms with Crippen LogP contribution in [0.1, 0.15) is 107 Å². The zero-order valence-electron chi connectivity index (χ0n) is 23.5. The number of rotatable bonds is 1. The predicted octanol–water partition coefficient (Wildman–Crippen LogP) is 7.54. The first-order valence-electron chi connectivity index (χ1n) is 14.3. The molecule has 4 saturated carbocycles. The van der Waals surface area contributed by atoms with Crippen molar-refractivity contribution in [3.8, 4) is 0 Å². The maximum absolute atomic E-state index is 12.2. The van der Waals surface area contributed by atoms with E-state index >= 15 is 0 Å². The molecule has 0 aliphatic heterocycles. The quantitative estimate of drug-likeness (QED) is 0.414. The van der Waals surface area contributed by atoms with Crippen LogP contribution in [-0.2, 0) is 4.74 Å². The Bertz CT molecular complexity index is 876. The molecule has 0 spiro atoms. The number of methoxy groups -OCH3 is 1. The standard InChI is InChI=1S/C31H52O3/c1-18-10-13-28(5)16-17-30(7)23(22(28)19(18)2)24(33)25(34-9)26-29(6)14-12-21(32)27(3,4)20(29)11-15-31(26,30)8/h18-22,25-26,32-33H,10-17H2,1-9H3/t18-,19+,20+,21+,22+,25-,26-,28-,29+,30-,31-/m1/s1. The van der Waals surface area contributed by atoms with Crippen LogP contribution in [0.2, 0.25) is 0 Å². The fraction of sp³-hybridized carbons (Fsp3) is 0.935. The van der Waals surface area contributed by atoms with Crippen LogP contribution in [-0.4, -0.2) is 29.5 Å². The molecule has 0 radical (unpaired) electrons.